The topological polar surface area (TPSA) is 67.4 Å². The second-order valence-corrected chi connectivity index (χ2v) is 3.97. The maximum atomic E-state index is 11.9. The van der Waals surface area contributed by atoms with Gasteiger partial charge in [0.05, 0.1) is 5.69 Å². The van der Waals surface area contributed by atoms with E-state index in [1.807, 2.05) is 12.1 Å². The third-order valence-corrected chi connectivity index (χ3v) is 2.51. The molecule has 5 nitrogen and oxygen atoms in total. The number of anilines is 1. The fourth-order valence-corrected chi connectivity index (χ4v) is 1.63. The van der Waals surface area contributed by atoms with Crippen LogP contribution in [0.25, 0.3) is 10.8 Å². The SMILES string of the molecule is O=C(NOC(=O)C(F)(F)F)Nc1cccc2ccccc12. The van der Waals surface area contributed by atoms with Crippen molar-refractivity contribution in [2.75, 3.05) is 5.32 Å². The van der Waals surface area contributed by atoms with Gasteiger partial charge in [0, 0.05) is 5.39 Å². The number of carbonyl (C=O) groups excluding carboxylic acids is 2. The van der Waals surface area contributed by atoms with Crippen molar-refractivity contribution >= 4 is 28.5 Å². The second kappa shape index (κ2) is 5.70. The van der Waals surface area contributed by atoms with Gasteiger partial charge in [0.25, 0.3) is 0 Å². The normalized spacial score (nSPS) is 11.0. The molecule has 2 aromatic carbocycles. The molecule has 0 radical (unpaired) electrons. The lowest BCUT2D eigenvalue weighted by Crippen LogP contribution is -2.36. The van der Waals surface area contributed by atoms with Crippen LogP contribution in [-0.2, 0) is 9.63 Å². The molecule has 0 saturated carbocycles. The lowest BCUT2D eigenvalue weighted by molar-refractivity contribution is -0.204. The molecule has 0 saturated heterocycles. The zero-order chi connectivity index (χ0) is 15.5. The predicted molar refractivity (Wildman–Crippen MR) is 68.2 cm³/mol. The first-order valence-electron chi connectivity index (χ1n) is 5.70. The van der Waals surface area contributed by atoms with Crippen molar-refractivity contribution in [3.63, 3.8) is 0 Å². The van der Waals surface area contributed by atoms with Crippen LogP contribution in [0, 0.1) is 0 Å². The standard InChI is InChI=1S/C13H9F3N2O3/c14-13(15,16)11(19)21-18-12(20)17-10-7-3-5-8-4-1-2-6-9(8)10/h1-7H,(H2,17,18,20). The summed E-state index contributed by atoms with van der Waals surface area (Å²) in [4.78, 5) is 25.5. The molecule has 2 rings (SSSR count). The van der Waals surface area contributed by atoms with Gasteiger partial charge in [-0.15, -0.1) is 0 Å². The molecule has 21 heavy (non-hydrogen) atoms. The number of alkyl halides is 3. The monoisotopic (exact) mass is 298 g/mol. The molecule has 0 spiro atoms. The van der Waals surface area contributed by atoms with Gasteiger partial charge in [0.2, 0.25) is 0 Å². The lowest BCUT2D eigenvalue weighted by Gasteiger charge is -2.10. The van der Waals surface area contributed by atoms with Gasteiger partial charge in [0.15, 0.2) is 0 Å². The van der Waals surface area contributed by atoms with Crippen LogP contribution < -0.4 is 10.8 Å². The van der Waals surface area contributed by atoms with Crippen molar-refractivity contribution in [2.45, 2.75) is 6.18 Å². The van der Waals surface area contributed by atoms with Crippen molar-refractivity contribution in [2.24, 2.45) is 0 Å². The van der Waals surface area contributed by atoms with E-state index in [2.05, 4.69) is 10.2 Å². The quantitative estimate of drug-likeness (QED) is 0.795. The Labute approximate surface area is 116 Å². The smallest absolute Gasteiger partial charge is 0.331 e. The number of nitrogens with one attached hydrogen (secondary N) is 2. The molecule has 2 amide bonds. The first kappa shape index (κ1) is 14.6. The van der Waals surface area contributed by atoms with Gasteiger partial charge < -0.3 is 10.2 Å². The van der Waals surface area contributed by atoms with E-state index in [1.165, 1.54) is 5.48 Å². The summed E-state index contributed by atoms with van der Waals surface area (Å²) in [6.45, 7) is 0. The van der Waals surface area contributed by atoms with Crippen LogP contribution in [0.4, 0.5) is 23.7 Å². The number of rotatable bonds is 1. The summed E-state index contributed by atoms with van der Waals surface area (Å²) < 4.78 is 35.7. The number of hydrogen-bond acceptors (Lipinski definition) is 3. The first-order valence-corrected chi connectivity index (χ1v) is 5.70. The summed E-state index contributed by atoms with van der Waals surface area (Å²) in [5, 5.41) is 3.82. The highest BCUT2D eigenvalue weighted by Crippen LogP contribution is 2.22. The number of hydrogen-bond donors (Lipinski definition) is 2. The molecule has 8 heteroatoms. The van der Waals surface area contributed by atoms with Crippen LogP contribution in [0.2, 0.25) is 0 Å². The van der Waals surface area contributed by atoms with E-state index in [9.17, 15) is 22.8 Å². The highest BCUT2D eigenvalue weighted by atomic mass is 19.4. The van der Waals surface area contributed by atoms with E-state index in [1.54, 1.807) is 30.3 Å². The molecule has 0 aliphatic rings. The van der Waals surface area contributed by atoms with Gasteiger partial charge >= 0.3 is 18.2 Å². The Balaban J connectivity index is 2.04. The molecule has 0 atom stereocenters. The molecule has 0 heterocycles. The van der Waals surface area contributed by atoms with Crippen LogP contribution in [-0.4, -0.2) is 18.2 Å². The average molecular weight is 298 g/mol. The number of hydroxylamine groups is 1. The molecule has 0 aliphatic heterocycles. The molecule has 0 aromatic heterocycles. The van der Waals surface area contributed by atoms with E-state index < -0.39 is 18.2 Å². The van der Waals surface area contributed by atoms with Gasteiger partial charge in [-0.05, 0) is 11.5 Å². The minimum atomic E-state index is -5.17. The molecule has 0 aliphatic carbocycles. The van der Waals surface area contributed by atoms with Gasteiger partial charge in [-0.1, -0.05) is 36.4 Å². The van der Waals surface area contributed by atoms with E-state index >= 15 is 0 Å². The van der Waals surface area contributed by atoms with Crippen LogP contribution in [0.1, 0.15) is 0 Å². The number of urea groups is 1. The molecule has 2 N–H and O–H groups in total. The number of carbonyl (C=O) groups is 2. The highest BCUT2D eigenvalue weighted by Gasteiger charge is 2.42. The Morgan fingerprint density at radius 3 is 2.38 bits per heavy atom. The zero-order valence-electron chi connectivity index (χ0n) is 10.4. The maximum Gasteiger partial charge on any atom is 0.493 e. The fourth-order valence-electron chi connectivity index (χ4n) is 1.63. The van der Waals surface area contributed by atoms with Gasteiger partial charge in [-0.3, -0.25) is 0 Å². The van der Waals surface area contributed by atoms with Crippen LogP contribution in [0.15, 0.2) is 42.5 Å². The average Bonchev–Trinajstić information content (AvgIpc) is 2.44. The summed E-state index contributed by atoms with van der Waals surface area (Å²) in [5.41, 5.74) is 1.75. The Hall–Kier alpha value is -2.77. The van der Waals surface area contributed by atoms with Crippen LogP contribution in [0.3, 0.4) is 0 Å². The van der Waals surface area contributed by atoms with Crippen LogP contribution in [0.5, 0.6) is 0 Å². The molecule has 0 unspecified atom stereocenters. The number of amides is 2. The van der Waals surface area contributed by atoms with Crippen molar-refractivity contribution in [1.29, 1.82) is 0 Å². The van der Waals surface area contributed by atoms with E-state index in [0.717, 1.165) is 5.39 Å². The zero-order valence-corrected chi connectivity index (χ0v) is 10.4. The number of fused-ring (bicyclic) bond motifs is 1. The van der Waals surface area contributed by atoms with Gasteiger partial charge in [0.1, 0.15) is 0 Å². The second-order valence-electron chi connectivity index (χ2n) is 3.97. The predicted octanol–water partition coefficient (Wildman–Crippen LogP) is 2.98. The summed E-state index contributed by atoms with van der Waals surface area (Å²) in [5.74, 6) is -2.50. The third-order valence-electron chi connectivity index (χ3n) is 2.51. The van der Waals surface area contributed by atoms with E-state index in [-0.39, 0.29) is 0 Å². The molecule has 0 bridgehead atoms. The van der Waals surface area contributed by atoms with Gasteiger partial charge in [-0.2, -0.15) is 18.7 Å². The molecule has 2 aromatic rings. The first-order chi connectivity index (χ1) is 9.88. The van der Waals surface area contributed by atoms with E-state index in [0.29, 0.717) is 11.1 Å². The Morgan fingerprint density at radius 1 is 1.00 bits per heavy atom. The summed E-state index contributed by atoms with van der Waals surface area (Å²) in [6.07, 6.45) is -5.17. The Morgan fingerprint density at radius 2 is 1.67 bits per heavy atom. The van der Waals surface area contributed by atoms with Crippen molar-refractivity contribution in [1.82, 2.24) is 5.48 Å². The number of benzene rings is 2. The minimum Gasteiger partial charge on any atom is -0.331 e. The maximum absolute atomic E-state index is 11.9. The summed E-state index contributed by atoms with van der Waals surface area (Å²) >= 11 is 0. The summed E-state index contributed by atoms with van der Waals surface area (Å²) in [7, 11) is 0. The lowest BCUT2D eigenvalue weighted by atomic mass is 10.1. The molecular weight excluding hydrogens is 289 g/mol. The van der Waals surface area contributed by atoms with Gasteiger partial charge in [-0.25, -0.2) is 9.59 Å². The van der Waals surface area contributed by atoms with Crippen LogP contribution >= 0.6 is 0 Å². The Bertz CT molecular complexity index is 680. The molecular formula is C13H9F3N2O3. The van der Waals surface area contributed by atoms with Crippen molar-refractivity contribution in [3.05, 3.63) is 42.5 Å². The van der Waals surface area contributed by atoms with Crippen molar-refractivity contribution in [3.8, 4) is 0 Å². The molecule has 110 valence electrons. The highest BCUT2D eigenvalue weighted by molar-refractivity contribution is 6.01. The summed E-state index contributed by atoms with van der Waals surface area (Å²) in [6, 6.07) is 11.0. The Kier molecular flexibility index (Phi) is 3.97. The number of halogens is 3. The molecule has 0 fully saturated rings. The third kappa shape index (κ3) is 3.62. The van der Waals surface area contributed by atoms with E-state index in [4.69, 9.17) is 0 Å². The fraction of sp³-hybridized carbons (Fsp3) is 0.0769. The largest absolute Gasteiger partial charge is 0.493 e. The van der Waals surface area contributed by atoms with Crippen molar-refractivity contribution < 1.29 is 27.6 Å². The minimum absolute atomic E-state index is 0.369.